The van der Waals surface area contributed by atoms with Gasteiger partial charge in [0.1, 0.15) is 0 Å². The normalized spacial score (nSPS) is 10.0. The average Bonchev–Trinajstić information content (AvgIpc) is 2.68. The molecule has 14 heavy (non-hydrogen) atoms. The monoisotopic (exact) mass is 192 g/mol. The average molecular weight is 192 g/mol. The van der Waals surface area contributed by atoms with E-state index < -0.39 is 5.97 Å². The molecule has 0 aliphatic carbocycles. The van der Waals surface area contributed by atoms with Crippen molar-refractivity contribution in [3.8, 4) is 11.5 Å². The van der Waals surface area contributed by atoms with Crippen LogP contribution in [0.15, 0.2) is 23.0 Å². The van der Waals surface area contributed by atoms with Crippen molar-refractivity contribution in [2.24, 2.45) is 0 Å². The molecule has 70 valence electrons. The highest BCUT2D eigenvalue weighted by Crippen LogP contribution is 2.13. The van der Waals surface area contributed by atoms with Gasteiger partial charge in [0.15, 0.2) is 0 Å². The summed E-state index contributed by atoms with van der Waals surface area (Å²) in [7, 11) is 0. The molecule has 0 aliphatic rings. The smallest absolute Gasteiger partial charge is 0.377 e. The van der Waals surface area contributed by atoms with Crippen LogP contribution in [0.2, 0.25) is 0 Å². The van der Waals surface area contributed by atoms with Gasteiger partial charge in [-0.05, 0) is 11.2 Å². The zero-order chi connectivity index (χ0) is 9.97. The van der Waals surface area contributed by atoms with Crippen LogP contribution in [0, 0.1) is 0 Å². The quantitative estimate of drug-likeness (QED) is 0.726. The van der Waals surface area contributed by atoms with Crippen LogP contribution in [0.4, 0.5) is 0 Å². The molecule has 7 heteroatoms. The van der Waals surface area contributed by atoms with Gasteiger partial charge in [0.25, 0.3) is 11.7 Å². The van der Waals surface area contributed by atoms with E-state index in [0.717, 1.165) is 0 Å². The van der Waals surface area contributed by atoms with Gasteiger partial charge in [0, 0.05) is 0 Å². The second kappa shape index (κ2) is 3.21. The number of aromatic nitrogens is 4. The van der Waals surface area contributed by atoms with Crippen LogP contribution in [0.25, 0.3) is 11.5 Å². The molecule has 7 nitrogen and oxygen atoms in total. The van der Waals surface area contributed by atoms with Gasteiger partial charge >= 0.3 is 5.97 Å². The summed E-state index contributed by atoms with van der Waals surface area (Å²) in [4.78, 5) is 14.1. The van der Waals surface area contributed by atoms with Gasteiger partial charge in [0.2, 0.25) is 0 Å². The van der Waals surface area contributed by atoms with Gasteiger partial charge in [-0.15, -0.1) is 0 Å². The third kappa shape index (κ3) is 1.42. The number of hydrogen-bond acceptors (Lipinski definition) is 6. The summed E-state index contributed by atoms with van der Waals surface area (Å²) in [5, 5.41) is 18.9. The summed E-state index contributed by atoms with van der Waals surface area (Å²) in [6.07, 6.45) is 2.85. The molecule has 0 atom stereocenters. The molecule has 2 heterocycles. The van der Waals surface area contributed by atoms with E-state index in [1.54, 1.807) is 6.07 Å². The predicted octanol–water partition coefficient (Wildman–Crippen LogP) is 0.225. The van der Waals surface area contributed by atoms with Crippen molar-refractivity contribution in [2.45, 2.75) is 0 Å². The summed E-state index contributed by atoms with van der Waals surface area (Å²) in [6.45, 7) is 0. The number of carbonyl (C=O) groups is 1. The molecule has 0 spiro atoms. The van der Waals surface area contributed by atoms with Gasteiger partial charge in [-0.1, -0.05) is 0 Å². The van der Waals surface area contributed by atoms with Crippen LogP contribution < -0.4 is 0 Å². The second-order valence-corrected chi connectivity index (χ2v) is 2.36. The molecule has 0 saturated carbocycles. The van der Waals surface area contributed by atoms with Crippen LogP contribution in [0.5, 0.6) is 0 Å². The summed E-state index contributed by atoms with van der Waals surface area (Å²) in [5.41, 5.74) is 0.528. The molecule has 2 aromatic heterocycles. The minimum Gasteiger partial charge on any atom is -0.475 e. The first-order valence-corrected chi connectivity index (χ1v) is 3.61. The Hall–Kier alpha value is -2.31. The number of hydrogen-bond donors (Lipinski definition) is 1. The summed E-state index contributed by atoms with van der Waals surface area (Å²) >= 11 is 0. The fourth-order valence-corrected chi connectivity index (χ4v) is 0.845. The SMILES string of the molecule is O=C(O)c1noc(-c2ccnnc2)n1. The van der Waals surface area contributed by atoms with Crippen molar-refractivity contribution in [1.82, 2.24) is 20.3 Å². The van der Waals surface area contributed by atoms with Crippen LogP contribution in [-0.2, 0) is 0 Å². The van der Waals surface area contributed by atoms with Crippen LogP contribution in [0.1, 0.15) is 10.6 Å². The van der Waals surface area contributed by atoms with Crippen molar-refractivity contribution >= 4 is 5.97 Å². The first-order chi connectivity index (χ1) is 6.77. The molecule has 0 saturated heterocycles. The Bertz CT molecular complexity index is 453. The number of nitrogens with zero attached hydrogens (tertiary/aromatic N) is 4. The van der Waals surface area contributed by atoms with E-state index in [0.29, 0.717) is 5.56 Å². The minimum absolute atomic E-state index is 0.109. The zero-order valence-electron chi connectivity index (χ0n) is 6.78. The van der Waals surface area contributed by atoms with Gasteiger partial charge in [0.05, 0.1) is 18.0 Å². The van der Waals surface area contributed by atoms with Crippen molar-refractivity contribution in [1.29, 1.82) is 0 Å². The van der Waals surface area contributed by atoms with E-state index in [-0.39, 0.29) is 11.7 Å². The molecule has 0 aromatic carbocycles. The predicted molar refractivity (Wildman–Crippen MR) is 42.3 cm³/mol. The fraction of sp³-hybridized carbons (Fsp3) is 0. The maximum absolute atomic E-state index is 10.4. The lowest BCUT2D eigenvalue weighted by atomic mass is 10.3. The Labute approximate surface area is 77.4 Å². The molecule has 0 bridgehead atoms. The zero-order valence-corrected chi connectivity index (χ0v) is 6.78. The maximum Gasteiger partial charge on any atom is 0.377 e. The lowest BCUT2D eigenvalue weighted by molar-refractivity contribution is 0.0680. The van der Waals surface area contributed by atoms with Crippen LogP contribution >= 0.6 is 0 Å². The maximum atomic E-state index is 10.4. The Morgan fingerprint density at radius 1 is 1.43 bits per heavy atom. The van der Waals surface area contributed by atoms with E-state index in [1.807, 2.05) is 0 Å². The summed E-state index contributed by atoms with van der Waals surface area (Å²) < 4.78 is 4.70. The highest BCUT2D eigenvalue weighted by atomic mass is 16.5. The second-order valence-electron chi connectivity index (χ2n) is 2.36. The Morgan fingerprint density at radius 3 is 2.86 bits per heavy atom. The molecule has 2 aromatic rings. The van der Waals surface area contributed by atoms with Gasteiger partial charge in [-0.3, -0.25) is 0 Å². The van der Waals surface area contributed by atoms with Crippen LogP contribution in [-0.4, -0.2) is 31.4 Å². The van der Waals surface area contributed by atoms with Gasteiger partial charge in [-0.2, -0.15) is 15.2 Å². The molecule has 2 rings (SSSR count). The van der Waals surface area contributed by atoms with E-state index in [4.69, 9.17) is 9.63 Å². The fourth-order valence-electron chi connectivity index (χ4n) is 0.845. The highest BCUT2D eigenvalue weighted by Gasteiger charge is 2.13. The standard InChI is InChI=1S/C7H4N4O3/c12-7(13)5-10-6(14-11-5)4-1-2-8-9-3-4/h1-3H,(H,12,13). The molecule has 0 unspecified atom stereocenters. The Balaban J connectivity index is 2.39. The minimum atomic E-state index is -1.23. The first kappa shape index (κ1) is 8.30. The van der Waals surface area contributed by atoms with Crippen LogP contribution in [0.3, 0.4) is 0 Å². The van der Waals surface area contributed by atoms with E-state index in [2.05, 4.69) is 20.3 Å². The van der Waals surface area contributed by atoms with Gasteiger partial charge < -0.3 is 9.63 Å². The summed E-state index contributed by atoms with van der Waals surface area (Å²) in [6, 6.07) is 1.59. The number of aromatic carboxylic acids is 1. The number of carboxylic acids is 1. The number of carboxylic acid groups (broad SMARTS) is 1. The van der Waals surface area contributed by atoms with Gasteiger partial charge in [-0.25, -0.2) is 4.79 Å². The largest absolute Gasteiger partial charge is 0.475 e. The lowest BCUT2D eigenvalue weighted by Crippen LogP contribution is -1.98. The van der Waals surface area contributed by atoms with E-state index >= 15 is 0 Å². The van der Waals surface area contributed by atoms with Crippen molar-refractivity contribution < 1.29 is 14.4 Å². The third-order valence-corrected chi connectivity index (χ3v) is 1.45. The summed E-state index contributed by atoms with van der Waals surface area (Å²) in [5.74, 6) is -1.50. The molecule has 0 aliphatic heterocycles. The lowest BCUT2D eigenvalue weighted by Gasteiger charge is -1.88. The molecule has 0 amide bonds. The van der Waals surface area contributed by atoms with E-state index in [1.165, 1.54) is 12.4 Å². The molecule has 1 N–H and O–H groups in total. The van der Waals surface area contributed by atoms with E-state index in [9.17, 15) is 4.79 Å². The van der Waals surface area contributed by atoms with Crippen molar-refractivity contribution in [3.05, 3.63) is 24.3 Å². The molecule has 0 fully saturated rings. The third-order valence-electron chi connectivity index (χ3n) is 1.45. The highest BCUT2D eigenvalue weighted by molar-refractivity contribution is 5.83. The Morgan fingerprint density at radius 2 is 2.29 bits per heavy atom. The molecular formula is C7H4N4O3. The van der Waals surface area contributed by atoms with Crippen molar-refractivity contribution in [3.63, 3.8) is 0 Å². The number of rotatable bonds is 2. The molecular weight excluding hydrogens is 188 g/mol. The molecule has 0 radical (unpaired) electrons. The first-order valence-electron chi connectivity index (χ1n) is 3.61. The Kier molecular flexibility index (Phi) is 1.90. The topological polar surface area (TPSA) is 102 Å². The van der Waals surface area contributed by atoms with Crippen molar-refractivity contribution in [2.75, 3.05) is 0 Å².